The second-order valence-corrected chi connectivity index (χ2v) is 6.39. The number of fused-ring (bicyclic) bond motifs is 1. The Hall–Kier alpha value is -0.620. The molecule has 0 fully saturated rings. The lowest BCUT2D eigenvalue weighted by atomic mass is 10.2. The second kappa shape index (κ2) is 7.09. The van der Waals surface area contributed by atoms with Crippen molar-refractivity contribution in [3.05, 3.63) is 24.3 Å². The van der Waals surface area contributed by atoms with Crippen molar-refractivity contribution < 1.29 is 5.11 Å². The van der Waals surface area contributed by atoms with E-state index < -0.39 is 0 Å². The van der Waals surface area contributed by atoms with Crippen molar-refractivity contribution in [1.82, 2.24) is 10.3 Å². The predicted octanol–water partition coefficient (Wildman–Crippen LogP) is 2.75. The van der Waals surface area contributed by atoms with Gasteiger partial charge >= 0.3 is 0 Å². The quantitative estimate of drug-likeness (QED) is 0.767. The van der Waals surface area contributed by atoms with E-state index in [0.29, 0.717) is 0 Å². The number of aliphatic hydroxyl groups is 1. The van der Waals surface area contributed by atoms with Gasteiger partial charge in [0, 0.05) is 11.8 Å². The summed E-state index contributed by atoms with van der Waals surface area (Å²) in [6, 6.07) is 8.42. The summed E-state index contributed by atoms with van der Waals surface area (Å²) < 4.78 is 2.36. The fourth-order valence-electron chi connectivity index (χ4n) is 1.75. The molecule has 0 spiro atoms. The molecule has 0 aliphatic carbocycles. The molecule has 3 nitrogen and oxygen atoms in total. The third-order valence-electron chi connectivity index (χ3n) is 2.68. The van der Waals surface area contributed by atoms with Crippen molar-refractivity contribution in [3.63, 3.8) is 0 Å². The van der Waals surface area contributed by atoms with Crippen molar-refractivity contribution in [2.24, 2.45) is 0 Å². The molecule has 1 atom stereocenters. The van der Waals surface area contributed by atoms with Gasteiger partial charge < -0.3 is 10.4 Å². The van der Waals surface area contributed by atoms with Crippen LogP contribution in [0.25, 0.3) is 10.2 Å². The number of aromatic nitrogens is 1. The average molecular weight is 282 g/mol. The zero-order chi connectivity index (χ0) is 12.8. The molecule has 2 N–H and O–H groups in total. The summed E-state index contributed by atoms with van der Waals surface area (Å²) in [7, 11) is 0. The maximum absolute atomic E-state index is 9.18. The number of nitrogens with zero attached hydrogens (tertiary/aromatic N) is 1. The molecular formula is C13H18N2OS2. The molecule has 18 heavy (non-hydrogen) atoms. The lowest BCUT2D eigenvalue weighted by Gasteiger charge is -2.13. The Bertz CT molecular complexity index is 454. The van der Waals surface area contributed by atoms with Gasteiger partial charge in [0.1, 0.15) is 0 Å². The summed E-state index contributed by atoms with van der Waals surface area (Å²) >= 11 is 3.51. The lowest BCUT2D eigenvalue weighted by molar-refractivity contribution is 0.242. The van der Waals surface area contributed by atoms with Crippen molar-refractivity contribution in [2.45, 2.75) is 23.7 Å². The average Bonchev–Trinajstić information content (AvgIpc) is 2.80. The van der Waals surface area contributed by atoms with Crippen molar-refractivity contribution in [2.75, 3.05) is 18.9 Å². The Labute approximate surface area is 116 Å². The van der Waals surface area contributed by atoms with Crippen LogP contribution in [0.5, 0.6) is 0 Å². The first kappa shape index (κ1) is 13.8. The highest BCUT2D eigenvalue weighted by atomic mass is 32.2. The molecule has 5 heteroatoms. The Kier molecular flexibility index (Phi) is 5.44. The number of aliphatic hydroxyl groups excluding tert-OH is 1. The number of benzene rings is 1. The zero-order valence-corrected chi connectivity index (χ0v) is 12.1. The summed E-state index contributed by atoms with van der Waals surface area (Å²) in [5.74, 6) is 0.984. The van der Waals surface area contributed by atoms with E-state index in [0.717, 1.165) is 28.6 Å². The highest BCUT2D eigenvalue weighted by molar-refractivity contribution is 8.01. The second-order valence-electron chi connectivity index (χ2n) is 4.02. The molecular weight excluding hydrogens is 264 g/mol. The number of likely N-dealkylation sites (N-methyl/N-ethyl adjacent to an activating group) is 1. The summed E-state index contributed by atoms with van der Waals surface area (Å²) in [5, 5.41) is 12.4. The minimum absolute atomic E-state index is 0.203. The van der Waals surface area contributed by atoms with Crippen LogP contribution in [0, 0.1) is 0 Å². The van der Waals surface area contributed by atoms with E-state index in [9.17, 15) is 5.11 Å². The molecule has 2 rings (SSSR count). The van der Waals surface area contributed by atoms with E-state index in [1.807, 2.05) is 18.2 Å². The van der Waals surface area contributed by atoms with Crippen LogP contribution in [0.1, 0.15) is 13.3 Å². The summed E-state index contributed by atoms with van der Waals surface area (Å²) in [4.78, 5) is 4.58. The van der Waals surface area contributed by atoms with Gasteiger partial charge in [0.2, 0.25) is 0 Å². The van der Waals surface area contributed by atoms with Crippen LogP contribution in [0.3, 0.4) is 0 Å². The lowest BCUT2D eigenvalue weighted by Crippen LogP contribution is -2.32. The van der Waals surface area contributed by atoms with E-state index in [1.54, 1.807) is 23.1 Å². The Morgan fingerprint density at radius 1 is 1.44 bits per heavy atom. The smallest absolute Gasteiger partial charge is 0.151 e. The monoisotopic (exact) mass is 282 g/mol. The molecule has 98 valence electrons. The largest absolute Gasteiger partial charge is 0.395 e. The highest BCUT2D eigenvalue weighted by Gasteiger charge is 2.07. The van der Waals surface area contributed by atoms with Gasteiger partial charge in [0.15, 0.2) is 4.34 Å². The van der Waals surface area contributed by atoms with Gasteiger partial charge in [0.05, 0.1) is 16.8 Å². The van der Waals surface area contributed by atoms with E-state index in [2.05, 4.69) is 23.3 Å². The first-order valence-electron chi connectivity index (χ1n) is 6.16. The third-order valence-corrected chi connectivity index (χ3v) is 4.89. The number of rotatable bonds is 7. The fourth-order valence-corrected chi connectivity index (χ4v) is 3.94. The van der Waals surface area contributed by atoms with Crippen molar-refractivity contribution >= 4 is 33.3 Å². The molecule has 1 heterocycles. The van der Waals surface area contributed by atoms with Crippen LogP contribution in [-0.4, -0.2) is 35.0 Å². The molecule has 0 saturated heterocycles. The van der Waals surface area contributed by atoms with Gasteiger partial charge in [0.25, 0.3) is 0 Å². The first-order chi connectivity index (χ1) is 8.83. The normalized spacial score (nSPS) is 13.0. The Balaban J connectivity index is 1.86. The molecule has 0 saturated carbocycles. The predicted molar refractivity (Wildman–Crippen MR) is 79.5 cm³/mol. The number of hydrogen-bond donors (Lipinski definition) is 2. The standard InChI is InChI=1S/C13H18N2OS2/c1-2-14-10(9-16)7-8-17-13-15-11-5-3-4-6-12(11)18-13/h3-6,10,14,16H,2,7-9H2,1H3. The topological polar surface area (TPSA) is 45.1 Å². The number of thiazole rings is 1. The maximum atomic E-state index is 9.18. The number of para-hydroxylation sites is 1. The number of thioether (sulfide) groups is 1. The van der Waals surface area contributed by atoms with Gasteiger partial charge in [-0.05, 0) is 25.1 Å². The van der Waals surface area contributed by atoms with E-state index >= 15 is 0 Å². The molecule has 1 unspecified atom stereocenters. The zero-order valence-electron chi connectivity index (χ0n) is 10.4. The summed E-state index contributed by atoms with van der Waals surface area (Å²) in [5.41, 5.74) is 1.08. The van der Waals surface area contributed by atoms with Crippen LogP contribution in [0.2, 0.25) is 0 Å². The SMILES string of the molecule is CCNC(CO)CCSc1nc2ccccc2s1. The molecule has 0 radical (unpaired) electrons. The van der Waals surface area contributed by atoms with Crippen LogP contribution in [-0.2, 0) is 0 Å². The molecule has 2 aromatic rings. The maximum Gasteiger partial charge on any atom is 0.151 e. The molecule has 1 aromatic heterocycles. The minimum Gasteiger partial charge on any atom is -0.395 e. The van der Waals surface area contributed by atoms with Crippen molar-refractivity contribution in [3.8, 4) is 0 Å². The molecule has 0 aliphatic heterocycles. The van der Waals surface area contributed by atoms with E-state index in [-0.39, 0.29) is 12.6 Å². The van der Waals surface area contributed by atoms with Crippen LogP contribution >= 0.6 is 23.1 Å². The van der Waals surface area contributed by atoms with Gasteiger partial charge in [-0.2, -0.15) is 0 Å². The van der Waals surface area contributed by atoms with Gasteiger partial charge in [-0.1, -0.05) is 30.8 Å². The Morgan fingerprint density at radius 2 is 2.28 bits per heavy atom. The first-order valence-corrected chi connectivity index (χ1v) is 7.96. The third kappa shape index (κ3) is 3.68. The van der Waals surface area contributed by atoms with Crippen LogP contribution in [0.4, 0.5) is 0 Å². The van der Waals surface area contributed by atoms with Crippen molar-refractivity contribution in [1.29, 1.82) is 0 Å². The van der Waals surface area contributed by atoms with Crippen LogP contribution in [0.15, 0.2) is 28.6 Å². The fraction of sp³-hybridized carbons (Fsp3) is 0.462. The highest BCUT2D eigenvalue weighted by Crippen LogP contribution is 2.29. The molecule has 1 aromatic carbocycles. The number of hydrogen-bond acceptors (Lipinski definition) is 5. The molecule has 0 aliphatic rings. The Morgan fingerprint density at radius 3 is 3.00 bits per heavy atom. The van der Waals surface area contributed by atoms with Gasteiger partial charge in [-0.15, -0.1) is 11.3 Å². The summed E-state index contributed by atoms with van der Waals surface area (Å²) in [6.07, 6.45) is 0.963. The van der Waals surface area contributed by atoms with Gasteiger partial charge in [-0.25, -0.2) is 4.98 Å². The molecule has 0 bridgehead atoms. The van der Waals surface area contributed by atoms with E-state index in [4.69, 9.17) is 0 Å². The number of nitrogens with one attached hydrogen (secondary N) is 1. The van der Waals surface area contributed by atoms with Crippen LogP contribution < -0.4 is 5.32 Å². The van der Waals surface area contributed by atoms with E-state index in [1.165, 1.54) is 4.70 Å². The molecule has 0 amide bonds. The summed E-state index contributed by atoms with van der Waals surface area (Å²) in [6.45, 7) is 3.16. The van der Waals surface area contributed by atoms with Gasteiger partial charge in [-0.3, -0.25) is 0 Å². The minimum atomic E-state index is 0.203.